The van der Waals surface area contributed by atoms with Crippen LogP contribution in [0.3, 0.4) is 0 Å². The van der Waals surface area contributed by atoms with E-state index < -0.39 is 48.1 Å². The van der Waals surface area contributed by atoms with Gasteiger partial charge in [0.2, 0.25) is 0 Å². The smallest absolute Gasteiger partial charge is 0.351 e. The zero-order valence-electron chi connectivity index (χ0n) is 18.6. The van der Waals surface area contributed by atoms with Crippen molar-refractivity contribution < 1.29 is 28.9 Å². The van der Waals surface area contributed by atoms with Gasteiger partial charge < -0.3 is 24.2 Å². The van der Waals surface area contributed by atoms with Crippen molar-refractivity contribution >= 4 is 24.1 Å². The van der Waals surface area contributed by atoms with Gasteiger partial charge in [-0.05, 0) is 6.07 Å². The lowest BCUT2D eigenvalue weighted by Crippen LogP contribution is -2.40. The Morgan fingerprint density at radius 2 is 1.94 bits per heavy atom. The van der Waals surface area contributed by atoms with E-state index in [4.69, 9.17) is 14.2 Å². The van der Waals surface area contributed by atoms with Crippen LogP contribution in [-0.4, -0.2) is 76.8 Å². The highest BCUT2D eigenvalue weighted by Gasteiger charge is 2.48. The van der Waals surface area contributed by atoms with E-state index in [0.29, 0.717) is 0 Å². The number of rotatable bonds is 8. The quantitative estimate of drug-likeness (QED) is 0.350. The normalized spacial score (nSPS) is 23.5. The fourth-order valence-corrected chi connectivity index (χ4v) is 2.65. The maximum Gasteiger partial charge on any atom is 0.351 e. The molecule has 11 nitrogen and oxygen atoms in total. The fraction of sp³-hybridized carbons (Fsp3) is 0.650. The van der Waals surface area contributed by atoms with Crippen molar-refractivity contribution in [3.63, 3.8) is 0 Å². The summed E-state index contributed by atoms with van der Waals surface area (Å²) < 4.78 is 17.5. The maximum absolute atomic E-state index is 12.6. The van der Waals surface area contributed by atoms with Crippen molar-refractivity contribution in [1.29, 1.82) is 0 Å². The Morgan fingerprint density at radius 3 is 2.48 bits per heavy atom. The molecule has 1 saturated heterocycles. The van der Waals surface area contributed by atoms with E-state index in [1.807, 2.05) is 0 Å². The summed E-state index contributed by atoms with van der Waals surface area (Å²) in [5.41, 5.74) is -0.698. The zero-order chi connectivity index (χ0) is 23.3. The number of carbonyl (C=O) groups is 2. The van der Waals surface area contributed by atoms with E-state index >= 15 is 0 Å². The number of hydrogen-bond acceptors (Lipinski definition) is 9. The van der Waals surface area contributed by atoms with Crippen molar-refractivity contribution in [2.45, 2.75) is 52.2 Å². The predicted molar refractivity (Wildman–Crippen MR) is 111 cm³/mol. The molecule has 1 aliphatic heterocycles. The molecule has 0 saturated carbocycles. The first-order valence-corrected chi connectivity index (χ1v) is 10.0. The molecule has 1 aromatic heterocycles. The van der Waals surface area contributed by atoms with E-state index in [9.17, 15) is 19.5 Å². The molecule has 0 amide bonds. The Hall–Kier alpha value is -2.79. The third-order valence-electron chi connectivity index (χ3n) is 4.41. The van der Waals surface area contributed by atoms with Crippen LogP contribution in [0.2, 0.25) is 0 Å². The first-order valence-electron chi connectivity index (χ1n) is 10.0. The Bertz CT molecular complexity index is 865. The molecule has 0 spiro atoms. The Kier molecular flexibility index (Phi) is 8.28. The zero-order valence-corrected chi connectivity index (χ0v) is 18.6. The van der Waals surface area contributed by atoms with Crippen molar-refractivity contribution in [3.05, 3.63) is 22.7 Å². The number of ether oxygens (including phenoxy) is 3. The summed E-state index contributed by atoms with van der Waals surface area (Å²) in [6.07, 6.45) is -1.75. The molecule has 11 heteroatoms. The average Bonchev–Trinajstić information content (AvgIpc) is 2.99. The van der Waals surface area contributed by atoms with Crippen LogP contribution in [0.4, 0.5) is 5.82 Å². The molecule has 172 valence electrons. The van der Waals surface area contributed by atoms with Crippen LogP contribution < -0.4 is 5.69 Å². The molecule has 0 aromatic carbocycles. The number of aliphatic hydroxyl groups excluding tert-OH is 1. The highest BCUT2D eigenvalue weighted by molar-refractivity contribution is 5.72. The minimum Gasteiger partial charge on any atom is -0.463 e. The highest BCUT2D eigenvalue weighted by atomic mass is 16.6. The molecule has 1 aromatic rings. The maximum atomic E-state index is 12.6. The monoisotopic (exact) mass is 438 g/mol. The molecule has 0 aliphatic carbocycles. The molecule has 0 bridgehead atoms. The molecule has 4 atom stereocenters. The van der Waals surface area contributed by atoms with Crippen LogP contribution in [0.5, 0.6) is 0 Å². The van der Waals surface area contributed by atoms with E-state index in [1.165, 1.54) is 18.6 Å². The molecule has 2 heterocycles. The molecule has 1 N–H and O–H groups in total. The summed E-state index contributed by atoms with van der Waals surface area (Å²) in [5.74, 6) is -1.65. The number of aromatic nitrogens is 2. The van der Waals surface area contributed by atoms with Crippen LogP contribution in [-0.2, 0) is 23.8 Å². The summed E-state index contributed by atoms with van der Waals surface area (Å²) in [6, 6.07) is 1.49. The van der Waals surface area contributed by atoms with Gasteiger partial charge in [0.25, 0.3) is 0 Å². The summed E-state index contributed by atoms with van der Waals surface area (Å²) in [7, 11) is 3.55. The Labute approximate surface area is 180 Å². The first kappa shape index (κ1) is 24.5. The lowest BCUT2D eigenvalue weighted by atomic mass is 10.1. The minimum atomic E-state index is -1.31. The van der Waals surface area contributed by atoms with Crippen molar-refractivity contribution in [3.8, 4) is 0 Å². The Balaban J connectivity index is 2.29. The molecular formula is C20H30N4O7. The van der Waals surface area contributed by atoms with Gasteiger partial charge in [-0.15, -0.1) is 0 Å². The molecule has 1 aliphatic rings. The number of aliphatic hydroxyl groups is 1. The molecule has 1 fully saturated rings. The van der Waals surface area contributed by atoms with E-state index in [-0.39, 0.29) is 18.3 Å². The molecular weight excluding hydrogens is 408 g/mol. The van der Waals surface area contributed by atoms with Gasteiger partial charge in [-0.25, -0.2) is 9.79 Å². The lowest BCUT2D eigenvalue weighted by Gasteiger charge is -2.22. The third-order valence-corrected chi connectivity index (χ3v) is 4.41. The number of carbonyl (C=O) groups excluding carboxylic acids is 2. The van der Waals surface area contributed by atoms with Crippen LogP contribution in [0, 0.1) is 11.8 Å². The minimum absolute atomic E-state index is 0.187. The molecule has 2 rings (SSSR count). The van der Waals surface area contributed by atoms with E-state index in [0.717, 1.165) is 4.57 Å². The standard InChI is InChI=1S/C20H30N4O7/c1-11(2)18(26)29-9-13-15(25)16(31-19(27)12(3)4)17(30-13)24-8-7-14(22-20(24)28)21-10-23(5)6/h7-8,10-13,15-17,25H,9H2,1-6H3/t13-,15-,16-,17-/m1/s1. The second kappa shape index (κ2) is 10.5. The summed E-state index contributed by atoms with van der Waals surface area (Å²) in [5, 5.41) is 10.7. The fourth-order valence-electron chi connectivity index (χ4n) is 2.65. The van der Waals surface area contributed by atoms with Gasteiger partial charge in [-0.1, -0.05) is 27.7 Å². The predicted octanol–water partition coefficient (Wildman–Crippen LogP) is 0.490. The van der Waals surface area contributed by atoms with Gasteiger partial charge in [0.15, 0.2) is 18.1 Å². The lowest BCUT2D eigenvalue weighted by molar-refractivity contribution is -0.162. The van der Waals surface area contributed by atoms with Gasteiger partial charge in [0.1, 0.15) is 18.8 Å². The van der Waals surface area contributed by atoms with Crippen molar-refractivity contribution in [2.24, 2.45) is 16.8 Å². The second-order valence-corrected chi connectivity index (χ2v) is 8.08. The summed E-state index contributed by atoms with van der Waals surface area (Å²) in [6.45, 7) is 6.39. The number of nitrogens with zero attached hydrogens (tertiary/aromatic N) is 4. The van der Waals surface area contributed by atoms with Crippen LogP contribution in [0.1, 0.15) is 33.9 Å². The van der Waals surface area contributed by atoms with Crippen molar-refractivity contribution in [1.82, 2.24) is 14.5 Å². The average molecular weight is 438 g/mol. The first-order chi connectivity index (χ1) is 14.5. The summed E-state index contributed by atoms with van der Waals surface area (Å²) >= 11 is 0. The molecule has 0 unspecified atom stereocenters. The van der Waals surface area contributed by atoms with Crippen LogP contribution in [0.25, 0.3) is 0 Å². The van der Waals surface area contributed by atoms with Gasteiger partial charge in [0, 0.05) is 20.3 Å². The number of hydrogen-bond donors (Lipinski definition) is 1. The largest absolute Gasteiger partial charge is 0.463 e. The third kappa shape index (κ3) is 6.34. The van der Waals surface area contributed by atoms with Crippen molar-refractivity contribution in [2.75, 3.05) is 20.7 Å². The SMILES string of the molecule is CC(C)C(=O)OC[C@H]1O[C@@H](n2ccc(N=CN(C)C)nc2=O)[C@H](OC(=O)C(C)C)[C@@H]1O. The molecule has 0 radical (unpaired) electrons. The van der Waals surface area contributed by atoms with Gasteiger partial charge >= 0.3 is 17.6 Å². The van der Waals surface area contributed by atoms with Crippen LogP contribution >= 0.6 is 0 Å². The van der Waals surface area contributed by atoms with Crippen LogP contribution in [0.15, 0.2) is 22.1 Å². The van der Waals surface area contributed by atoms with E-state index in [1.54, 1.807) is 46.7 Å². The van der Waals surface area contributed by atoms with E-state index in [2.05, 4.69) is 9.98 Å². The van der Waals surface area contributed by atoms with Gasteiger partial charge in [-0.2, -0.15) is 4.98 Å². The summed E-state index contributed by atoms with van der Waals surface area (Å²) in [4.78, 5) is 46.2. The Morgan fingerprint density at radius 1 is 1.29 bits per heavy atom. The second-order valence-electron chi connectivity index (χ2n) is 8.08. The topological polar surface area (TPSA) is 133 Å². The highest BCUT2D eigenvalue weighted by Crippen LogP contribution is 2.32. The van der Waals surface area contributed by atoms with Gasteiger partial charge in [0.05, 0.1) is 18.2 Å². The van der Waals surface area contributed by atoms with Gasteiger partial charge in [-0.3, -0.25) is 14.2 Å². The number of esters is 2. The number of aliphatic imine (C=N–C) groups is 1. The molecule has 31 heavy (non-hydrogen) atoms.